The summed E-state index contributed by atoms with van der Waals surface area (Å²) in [5.41, 5.74) is 2.19. The molecule has 0 spiro atoms. The van der Waals surface area contributed by atoms with Crippen molar-refractivity contribution >= 4 is 0 Å². The molecule has 0 aliphatic heterocycles. The van der Waals surface area contributed by atoms with Crippen molar-refractivity contribution in [2.24, 2.45) is 0 Å². The van der Waals surface area contributed by atoms with Crippen LogP contribution in [0, 0.1) is 0 Å². The summed E-state index contributed by atoms with van der Waals surface area (Å²) in [4.78, 5) is 0. The summed E-state index contributed by atoms with van der Waals surface area (Å²) in [6.45, 7) is -2.57. The average molecular weight is 454 g/mol. The first kappa shape index (κ1) is 22.1. The number of nitrogens with zero attached hydrogens (tertiary/aromatic N) is 2. The van der Waals surface area contributed by atoms with Crippen LogP contribution in [-0.4, -0.2) is 31.0 Å². The molecule has 1 aromatic heterocycles. The van der Waals surface area contributed by atoms with E-state index in [4.69, 9.17) is 18.6 Å². The van der Waals surface area contributed by atoms with E-state index in [2.05, 4.69) is 14.9 Å². The summed E-state index contributed by atoms with van der Waals surface area (Å²) < 4.78 is 51.3. The Bertz CT molecular complexity index is 1210. The fourth-order valence-corrected chi connectivity index (χ4v) is 3.05. The average Bonchev–Trinajstić information content (AvgIpc) is 3.33. The van der Waals surface area contributed by atoms with Crippen LogP contribution in [0.1, 0.15) is 5.56 Å². The second-order valence-electron chi connectivity index (χ2n) is 6.82. The summed E-state index contributed by atoms with van der Waals surface area (Å²) >= 11 is 0. The Hall–Kier alpha value is -4.14. The van der Waals surface area contributed by atoms with Gasteiger partial charge < -0.3 is 23.4 Å². The normalized spacial score (nSPS) is 10.8. The van der Waals surface area contributed by atoms with Crippen LogP contribution in [0.5, 0.6) is 23.0 Å². The van der Waals surface area contributed by atoms with Crippen molar-refractivity contribution < 1.29 is 32.1 Å². The van der Waals surface area contributed by atoms with Crippen molar-refractivity contribution in [3.05, 3.63) is 72.3 Å². The van der Waals surface area contributed by atoms with Crippen molar-refractivity contribution in [2.45, 2.75) is 13.2 Å². The number of halogens is 2. The Balaban J connectivity index is 1.45. The third kappa shape index (κ3) is 5.38. The van der Waals surface area contributed by atoms with E-state index in [1.165, 1.54) is 25.3 Å². The molecule has 0 amide bonds. The first-order chi connectivity index (χ1) is 16.1. The molecular weight excluding hydrogens is 434 g/mol. The van der Waals surface area contributed by atoms with Gasteiger partial charge in [0.15, 0.2) is 11.5 Å². The SMILES string of the molecule is COc1cccc(OCc2ccc(-c3nnc(-c4ccc(OC(F)F)c(OC)c4)o3)cc2)c1. The Morgan fingerprint density at radius 1 is 0.788 bits per heavy atom. The second kappa shape index (κ2) is 9.99. The summed E-state index contributed by atoms with van der Waals surface area (Å²) in [7, 11) is 2.96. The first-order valence-electron chi connectivity index (χ1n) is 9.88. The minimum absolute atomic E-state index is 0.0808. The van der Waals surface area contributed by atoms with Crippen LogP contribution in [0.15, 0.2) is 71.1 Å². The number of alkyl halides is 2. The van der Waals surface area contributed by atoms with Gasteiger partial charge in [-0.2, -0.15) is 8.78 Å². The fraction of sp³-hybridized carbons (Fsp3) is 0.167. The summed E-state index contributed by atoms with van der Waals surface area (Å²) in [6.07, 6.45) is 0. The molecule has 7 nitrogen and oxygen atoms in total. The molecule has 33 heavy (non-hydrogen) atoms. The number of methoxy groups -OCH3 is 2. The molecule has 4 aromatic rings. The van der Waals surface area contributed by atoms with Gasteiger partial charge in [-0.25, -0.2) is 0 Å². The van der Waals surface area contributed by atoms with Crippen LogP contribution in [0.2, 0.25) is 0 Å². The molecule has 4 rings (SSSR count). The molecule has 0 atom stereocenters. The lowest BCUT2D eigenvalue weighted by atomic mass is 10.1. The zero-order chi connectivity index (χ0) is 23.2. The van der Waals surface area contributed by atoms with E-state index in [-0.39, 0.29) is 17.4 Å². The Kier molecular flexibility index (Phi) is 6.68. The van der Waals surface area contributed by atoms with E-state index in [1.807, 2.05) is 48.5 Å². The number of benzene rings is 3. The van der Waals surface area contributed by atoms with Crippen LogP contribution >= 0.6 is 0 Å². The third-order valence-corrected chi connectivity index (χ3v) is 4.70. The molecule has 0 radical (unpaired) electrons. The summed E-state index contributed by atoms with van der Waals surface area (Å²) in [5.74, 6) is 2.02. The molecule has 3 aromatic carbocycles. The number of ether oxygens (including phenoxy) is 4. The van der Waals surface area contributed by atoms with Gasteiger partial charge in [0.05, 0.1) is 14.2 Å². The molecule has 0 saturated carbocycles. The van der Waals surface area contributed by atoms with Gasteiger partial charge in [0.2, 0.25) is 11.8 Å². The highest BCUT2D eigenvalue weighted by Crippen LogP contribution is 2.34. The van der Waals surface area contributed by atoms with Gasteiger partial charge in [-0.15, -0.1) is 10.2 Å². The molecule has 0 N–H and O–H groups in total. The maximum atomic E-state index is 12.5. The monoisotopic (exact) mass is 454 g/mol. The summed E-state index contributed by atoms with van der Waals surface area (Å²) in [6, 6.07) is 19.3. The van der Waals surface area contributed by atoms with Gasteiger partial charge in [0.1, 0.15) is 18.1 Å². The molecule has 1 heterocycles. The smallest absolute Gasteiger partial charge is 0.387 e. The van der Waals surface area contributed by atoms with E-state index >= 15 is 0 Å². The Morgan fingerprint density at radius 3 is 2.18 bits per heavy atom. The zero-order valence-electron chi connectivity index (χ0n) is 17.8. The lowest BCUT2D eigenvalue weighted by molar-refractivity contribution is -0.0512. The van der Waals surface area contributed by atoms with Gasteiger partial charge in [0, 0.05) is 17.2 Å². The fourth-order valence-electron chi connectivity index (χ4n) is 3.05. The number of hydrogen-bond acceptors (Lipinski definition) is 7. The minimum atomic E-state index is -2.95. The maximum Gasteiger partial charge on any atom is 0.387 e. The zero-order valence-corrected chi connectivity index (χ0v) is 17.8. The Labute approximate surface area is 188 Å². The van der Waals surface area contributed by atoms with E-state index < -0.39 is 6.61 Å². The van der Waals surface area contributed by atoms with E-state index in [1.54, 1.807) is 7.11 Å². The van der Waals surface area contributed by atoms with Crippen LogP contribution in [0.25, 0.3) is 22.9 Å². The topological polar surface area (TPSA) is 75.8 Å². The highest BCUT2D eigenvalue weighted by atomic mass is 19.3. The predicted octanol–water partition coefficient (Wildman–Crippen LogP) is 5.60. The molecule has 0 bridgehead atoms. The molecule has 0 unspecified atom stereocenters. The highest BCUT2D eigenvalue weighted by molar-refractivity contribution is 5.62. The number of aromatic nitrogens is 2. The van der Waals surface area contributed by atoms with Gasteiger partial charge in [0.25, 0.3) is 0 Å². The number of rotatable bonds is 9. The van der Waals surface area contributed by atoms with Gasteiger partial charge in [-0.3, -0.25) is 0 Å². The van der Waals surface area contributed by atoms with Crippen LogP contribution in [0.4, 0.5) is 8.78 Å². The van der Waals surface area contributed by atoms with Crippen molar-refractivity contribution in [1.82, 2.24) is 10.2 Å². The first-order valence-corrected chi connectivity index (χ1v) is 9.88. The van der Waals surface area contributed by atoms with Crippen molar-refractivity contribution in [1.29, 1.82) is 0 Å². The predicted molar refractivity (Wildman–Crippen MR) is 116 cm³/mol. The quantitative estimate of drug-likeness (QED) is 0.326. The third-order valence-electron chi connectivity index (χ3n) is 4.70. The number of hydrogen-bond donors (Lipinski definition) is 0. The highest BCUT2D eigenvalue weighted by Gasteiger charge is 2.15. The molecule has 0 aliphatic rings. The van der Waals surface area contributed by atoms with Crippen LogP contribution in [-0.2, 0) is 6.61 Å². The molecular formula is C24H20F2N2O5. The van der Waals surface area contributed by atoms with Crippen LogP contribution < -0.4 is 18.9 Å². The standard InChI is InChI=1S/C24H20F2N2O5/c1-29-18-4-3-5-19(13-18)31-14-15-6-8-16(9-7-15)22-27-28-23(33-22)17-10-11-20(32-24(25)26)21(12-17)30-2/h3-13,24H,14H2,1-2H3. The lowest BCUT2D eigenvalue weighted by Gasteiger charge is -2.10. The minimum Gasteiger partial charge on any atom is -0.497 e. The van der Waals surface area contributed by atoms with Crippen molar-refractivity contribution in [3.63, 3.8) is 0 Å². The largest absolute Gasteiger partial charge is 0.497 e. The van der Waals surface area contributed by atoms with Crippen molar-refractivity contribution in [2.75, 3.05) is 14.2 Å². The lowest BCUT2D eigenvalue weighted by Crippen LogP contribution is -2.03. The molecule has 0 aliphatic carbocycles. The van der Waals surface area contributed by atoms with E-state index in [0.717, 1.165) is 16.9 Å². The Morgan fingerprint density at radius 2 is 1.48 bits per heavy atom. The molecule has 9 heteroatoms. The molecule has 170 valence electrons. The second-order valence-corrected chi connectivity index (χ2v) is 6.82. The van der Waals surface area contributed by atoms with Gasteiger partial charge in [-0.05, 0) is 48.0 Å². The van der Waals surface area contributed by atoms with Crippen molar-refractivity contribution in [3.8, 4) is 45.9 Å². The molecule has 0 fully saturated rings. The van der Waals surface area contributed by atoms with E-state index in [0.29, 0.717) is 23.8 Å². The van der Waals surface area contributed by atoms with Gasteiger partial charge in [-0.1, -0.05) is 18.2 Å². The maximum absolute atomic E-state index is 12.5. The van der Waals surface area contributed by atoms with E-state index in [9.17, 15) is 8.78 Å². The molecule has 0 saturated heterocycles. The summed E-state index contributed by atoms with van der Waals surface area (Å²) in [5, 5.41) is 8.12. The van der Waals surface area contributed by atoms with Gasteiger partial charge >= 0.3 is 6.61 Å². The van der Waals surface area contributed by atoms with Crippen LogP contribution in [0.3, 0.4) is 0 Å².